The highest BCUT2D eigenvalue weighted by molar-refractivity contribution is 7.92. The van der Waals surface area contributed by atoms with Gasteiger partial charge in [0, 0.05) is 18.4 Å². The van der Waals surface area contributed by atoms with Gasteiger partial charge in [-0.3, -0.25) is 9.40 Å². The third-order valence-corrected chi connectivity index (χ3v) is 4.33. The molecule has 0 spiro atoms. The first-order valence-corrected chi connectivity index (χ1v) is 8.04. The minimum absolute atomic E-state index is 0.0248. The van der Waals surface area contributed by atoms with Crippen molar-refractivity contribution in [1.82, 2.24) is 14.8 Å². The van der Waals surface area contributed by atoms with Crippen LogP contribution in [-0.4, -0.2) is 23.2 Å². The summed E-state index contributed by atoms with van der Waals surface area (Å²) in [5.74, 6) is -0.269. The van der Waals surface area contributed by atoms with Gasteiger partial charge < -0.3 is 5.73 Å². The van der Waals surface area contributed by atoms with Gasteiger partial charge >= 0.3 is 0 Å². The van der Waals surface area contributed by atoms with Gasteiger partial charge in [-0.05, 0) is 19.9 Å². The summed E-state index contributed by atoms with van der Waals surface area (Å²) in [6, 6.07) is 3.04. The van der Waals surface area contributed by atoms with Crippen LogP contribution in [0.5, 0.6) is 0 Å². The van der Waals surface area contributed by atoms with E-state index < -0.39 is 10.0 Å². The molecule has 2 aromatic heterocycles. The number of rotatable bonds is 4. The summed E-state index contributed by atoms with van der Waals surface area (Å²) >= 11 is 5.75. The van der Waals surface area contributed by atoms with E-state index in [0.29, 0.717) is 0 Å². The van der Waals surface area contributed by atoms with Crippen molar-refractivity contribution in [3.8, 4) is 6.07 Å². The number of hydrogen-bond acceptors (Lipinski definition) is 6. The van der Waals surface area contributed by atoms with E-state index in [-0.39, 0.29) is 33.2 Å². The van der Waals surface area contributed by atoms with Gasteiger partial charge in [0.15, 0.2) is 5.82 Å². The van der Waals surface area contributed by atoms with Crippen LogP contribution >= 0.6 is 11.6 Å². The van der Waals surface area contributed by atoms with Crippen molar-refractivity contribution in [1.29, 1.82) is 5.26 Å². The largest absolute Gasteiger partial charge is 0.383 e. The molecular weight excluding hydrogens is 328 g/mol. The molecule has 116 valence electrons. The Labute approximate surface area is 132 Å². The van der Waals surface area contributed by atoms with Crippen molar-refractivity contribution >= 4 is 33.3 Å². The van der Waals surface area contributed by atoms with E-state index in [2.05, 4.69) is 14.8 Å². The second-order valence-electron chi connectivity index (χ2n) is 4.72. The predicted molar refractivity (Wildman–Crippen MR) is 81.8 cm³/mol. The van der Waals surface area contributed by atoms with E-state index in [1.54, 1.807) is 0 Å². The van der Waals surface area contributed by atoms with E-state index in [9.17, 15) is 8.42 Å². The molecular formula is C12H13ClN6O2S. The highest BCUT2D eigenvalue weighted by atomic mass is 35.5. The van der Waals surface area contributed by atoms with Crippen molar-refractivity contribution in [3.63, 3.8) is 0 Å². The summed E-state index contributed by atoms with van der Waals surface area (Å²) in [6.45, 7) is 3.70. The van der Waals surface area contributed by atoms with Gasteiger partial charge in [0.1, 0.15) is 22.3 Å². The number of nitrogens with zero attached hydrogens (tertiary/aromatic N) is 4. The number of nitrogens with two attached hydrogens (primary N) is 1. The average molecular weight is 341 g/mol. The van der Waals surface area contributed by atoms with Crippen LogP contribution < -0.4 is 10.5 Å². The predicted octanol–water partition coefficient (Wildman–Crippen LogP) is 1.77. The molecule has 3 N–H and O–H groups in total. The van der Waals surface area contributed by atoms with Crippen molar-refractivity contribution in [3.05, 3.63) is 29.0 Å². The number of sulfonamides is 1. The van der Waals surface area contributed by atoms with Crippen LogP contribution in [0.4, 0.5) is 11.6 Å². The second kappa shape index (κ2) is 5.82. The van der Waals surface area contributed by atoms with Gasteiger partial charge in [0.25, 0.3) is 10.0 Å². The Morgan fingerprint density at radius 1 is 1.50 bits per heavy atom. The van der Waals surface area contributed by atoms with Crippen molar-refractivity contribution in [2.75, 3.05) is 10.5 Å². The SMILES string of the molecule is CC(C)n1cc(C#N)c(NS(=O)(=O)c2cc(Cl)cnc2N)n1. The van der Waals surface area contributed by atoms with E-state index in [1.807, 2.05) is 19.9 Å². The highest BCUT2D eigenvalue weighted by Gasteiger charge is 2.22. The summed E-state index contributed by atoms with van der Waals surface area (Å²) in [4.78, 5) is 3.42. The van der Waals surface area contributed by atoms with Gasteiger partial charge in [-0.2, -0.15) is 10.4 Å². The molecule has 0 aliphatic carbocycles. The molecule has 2 rings (SSSR count). The summed E-state index contributed by atoms with van der Waals surface area (Å²) in [5.41, 5.74) is 5.68. The van der Waals surface area contributed by atoms with Gasteiger partial charge in [-0.1, -0.05) is 11.6 Å². The molecule has 0 bridgehead atoms. The lowest BCUT2D eigenvalue weighted by Gasteiger charge is -2.08. The van der Waals surface area contributed by atoms with Crippen molar-refractivity contribution in [2.24, 2.45) is 0 Å². The first-order valence-electron chi connectivity index (χ1n) is 6.17. The van der Waals surface area contributed by atoms with Gasteiger partial charge in [0.05, 0.1) is 5.02 Å². The van der Waals surface area contributed by atoms with Gasteiger partial charge in [-0.25, -0.2) is 13.4 Å². The molecule has 2 aromatic rings. The topological polar surface area (TPSA) is 127 Å². The average Bonchev–Trinajstić information content (AvgIpc) is 2.84. The summed E-state index contributed by atoms with van der Waals surface area (Å²) in [5, 5.41) is 13.3. The molecule has 0 aromatic carbocycles. The fourth-order valence-corrected chi connectivity index (χ4v) is 2.99. The highest BCUT2D eigenvalue weighted by Crippen LogP contribution is 2.24. The normalized spacial score (nSPS) is 11.4. The number of hydrogen-bond donors (Lipinski definition) is 2. The molecule has 0 fully saturated rings. The third-order valence-electron chi connectivity index (χ3n) is 2.75. The maximum Gasteiger partial charge on any atom is 0.266 e. The van der Waals surface area contributed by atoms with Crippen molar-refractivity contribution < 1.29 is 8.42 Å². The Bertz CT molecular complexity index is 853. The van der Waals surface area contributed by atoms with Gasteiger partial charge in [-0.15, -0.1) is 0 Å². The Balaban J connectivity index is 2.45. The Morgan fingerprint density at radius 3 is 2.77 bits per heavy atom. The lowest BCUT2D eigenvalue weighted by atomic mass is 10.3. The first kappa shape index (κ1) is 16.1. The summed E-state index contributed by atoms with van der Waals surface area (Å²) < 4.78 is 28.5. The first-order chi connectivity index (χ1) is 10.2. The molecule has 0 radical (unpaired) electrons. The molecule has 22 heavy (non-hydrogen) atoms. The Hall–Kier alpha value is -2.31. The number of halogens is 1. The zero-order chi connectivity index (χ0) is 16.5. The zero-order valence-corrected chi connectivity index (χ0v) is 13.4. The number of nitrogens with one attached hydrogen (secondary N) is 1. The van der Waals surface area contributed by atoms with Crippen LogP contribution in [0.2, 0.25) is 5.02 Å². The van der Waals surface area contributed by atoms with E-state index in [1.165, 1.54) is 23.1 Å². The summed E-state index contributed by atoms with van der Waals surface area (Å²) in [6.07, 6.45) is 2.70. The zero-order valence-electron chi connectivity index (χ0n) is 11.8. The van der Waals surface area contributed by atoms with Crippen LogP contribution in [0, 0.1) is 11.3 Å². The monoisotopic (exact) mass is 340 g/mol. The lowest BCUT2D eigenvalue weighted by Crippen LogP contribution is -2.17. The maximum atomic E-state index is 12.4. The second-order valence-corrected chi connectivity index (χ2v) is 6.81. The molecule has 0 amide bonds. The number of nitriles is 1. The molecule has 0 saturated carbocycles. The molecule has 0 aliphatic rings. The molecule has 0 saturated heterocycles. The van der Waals surface area contributed by atoms with E-state index in [4.69, 9.17) is 22.6 Å². The van der Waals surface area contributed by atoms with Crippen LogP contribution in [-0.2, 0) is 10.0 Å². The van der Waals surface area contributed by atoms with Crippen molar-refractivity contribution in [2.45, 2.75) is 24.8 Å². The summed E-state index contributed by atoms with van der Waals surface area (Å²) in [7, 11) is -4.06. The Kier molecular flexibility index (Phi) is 4.25. The number of anilines is 2. The molecule has 2 heterocycles. The van der Waals surface area contributed by atoms with E-state index in [0.717, 1.165) is 0 Å². The Morgan fingerprint density at radius 2 is 2.18 bits per heavy atom. The quantitative estimate of drug-likeness (QED) is 0.873. The maximum absolute atomic E-state index is 12.4. The van der Waals surface area contributed by atoms with Crippen LogP contribution in [0.15, 0.2) is 23.4 Å². The number of aromatic nitrogens is 3. The number of pyridine rings is 1. The molecule has 8 nitrogen and oxygen atoms in total. The third kappa shape index (κ3) is 3.13. The minimum Gasteiger partial charge on any atom is -0.383 e. The van der Waals surface area contributed by atoms with Crippen LogP contribution in [0.1, 0.15) is 25.5 Å². The fourth-order valence-electron chi connectivity index (χ4n) is 1.64. The smallest absolute Gasteiger partial charge is 0.266 e. The van der Waals surface area contributed by atoms with Crippen LogP contribution in [0.25, 0.3) is 0 Å². The fraction of sp³-hybridized carbons (Fsp3) is 0.250. The standard InChI is InChI=1S/C12H13ClN6O2S/c1-7(2)19-6-8(4-14)12(17-19)18-22(20,21)10-3-9(13)5-16-11(10)15/h3,5-7H,1-2H3,(H2,15,16)(H,17,18). The number of nitrogen functional groups attached to an aromatic ring is 1. The molecule has 0 aliphatic heterocycles. The lowest BCUT2D eigenvalue weighted by molar-refractivity contribution is 0.534. The molecule has 10 heteroatoms. The minimum atomic E-state index is -4.06. The van der Waals surface area contributed by atoms with Gasteiger partial charge in [0.2, 0.25) is 0 Å². The van der Waals surface area contributed by atoms with E-state index >= 15 is 0 Å². The van der Waals surface area contributed by atoms with Crippen LogP contribution in [0.3, 0.4) is 0 Å². The molecule has 0 unspecified atom stereocenters. The molecule has 0 atom stereocenters.